The van der Waals surface area contributed by atoms with E-state index < -0.39 is 5.51 Å². The van der Waals surface area contributed by atoms with E-state index in [0.717, 1.165) is 0 Å². The molecule has 0 atom stereocenters. The highest BCUT2D eigenvalue weighted by molar-refractivity contribution is 8.00. The van der Waals surface area contributed by atoms with Gasteiger partial charge in [-0.05, 0) is 29.5 Å². The smallest absolute Gasteiger partial charge is 0.298 e. The molecule has 1 aromatic carbocycles. The number of benzene rings is 1. The van der Waals surface area contributed by atoms with Crippen LogP contribution >= 0.6 is 35.0 Å². The zero-order chi connectivity index (χ0) is 13.1. The second kappa shape index (κ2) is 5.98. The summed E-state index contributed by atoms with van der Waals surface area (Å²) >= 11 is 10.9. The molecule has 0 heterocycles. The molecule has 1 aromatic rings. The fourth-order valence-electron chi connectivity index (χ4n) is 1.13. The minimum absolute atomic E-state index is 0.00966. The maximum absolute atomic E-state index is 12.1. The summed E-state index contributed by atoms with van der Waals surface area (Å²) in [5.41, 5.74) is -3.87. The number of hydrogen-bond acceptors (Lipinski definition) is 2. The summed E-state index contributed by atoms with van der Waals surface area (Å²) in [6.45, 7) is 0. The normalized spacial score (nSPS) is 11.6. The molecule has 0 aliphatic carbocycles. The Kier molecular flexibility index (Phi) is 5.16. The molecular formula is C10H7Cl2F3OS. The molecule has 94 valence electrons. The first kappa shape index (κ1) is 14.7. The van der Waals surface area contributed by atoms with Gasteiger partial charge in [0.2, 0.25) is 0 Å². The predicted molar refractivity (Wildman–Crippen MR) is 62.8 cm³/mol. The number of halogens is 5. The van der Waals surface area contributed by atoms with E-state index in [0.29, 0.717) is 5.56 Å². The van der Waals surface area contributed by atoms with Crippen molar-refractivity contribution in [1.82, 2.24) is 0 Å². The third-order valence-corrected chi connectivity index (χ3v) is 3.17. The van der Waals surface area contributed by atoms with Crippen LogP contribution in [-0.4, -0.2) is 17.2 Å². The van der Waals surface area contributed by atoms with Crippen LogP contribution in [0.2, 0.25) is 5.02 Å². The molecule has 0 saturated carbocycles. The van der Waals surface area contributed by atoms with E-state index in [1.807, 2.05) is 0 Å². The van der Waals surface area contributed by atoms with Gasteiger partial charge in [-0.1, -0.05) is 17.7 Å². The number of rotatable bonds is 4. The number of carbonyl (C=O) groups excluding carboxylic acids is 1. The molecule has 0 spiro atoms. The molecule has 0 aliphatic rings. The highest BCUT2D eigenvalue weighted by atomic mass is 35.5. The van der Waals surface area contributed by atoms with Crippen LogP contribution in [-0.2, 0) is 11.2 Å². The van der Waals surface area contributed by atoms with Crippen molar-refractivity contribution in [2.24, 2.45) is 0 Å². The van der Waals surface area contributed by atoms with Crippen molar-refractivity contribution in [3.63, 3.8) is 0 Å². The van der Waals surface area contributed by atoms with Crippen molar-refractivity contribution >= 4 is 40.7 Å². The maximum atomic E-state index is 12.1. The summed E-state index contributed by atoms with van der Waals surface area (Å²) in [5, 5.41) is 0.137. The molecular weight excluding hydrogens is 296 g/mol. The number of ketones is 1. The molecule has 1 nitrogen and oxygen atoms in total. The molecule has 7 heteroatoms. The number of alkyl halides is 4. The van der Waals surface area contributed by atoms with E-state index >= 15 is 0 Å². The van der Waals surface area contributed by atoms with Gasteiger partial charge < -0.3 is 0 Å². The SMILES string of the molecule is O=C(CCl)Cc1ccc(SC(F)(F)F)cc1Cl. The second-order valence-electron chi connectivity index (χ2n) is 3.15. The first-order valence-electron chi connectivity index (χ1n) is 4.43. The Morgan fingerprint density at radius 2 is 2.00 bits per heavy atom. The Labute approximate surface area is 110 Å². The van der Waals surface area contributed by atoms with E-state index in [1.54, 1.807) is 0 Å². The van der Waals surface area contributed by atoms with E-state index in [-0.39, 0.29) is 39.8 Å². The molecule has 0 saturated heterocycles. The Hall–Kier alpha value is -0.390. The van der Waals surface area contributed by atoms with E-state index in [2.05, 4.69) is 0 Å². The van der Waals surface area contributed by atoms with Gasteiger partial charge in [-0.2, -0.15) is 13.2 Å². The van der Waals surface area contributed by atoms with Gasteiger partial charge in [0, 0.05) is 16.3 Å². The zero-order valence-electron chi connectivity index (χ0n) is 8.35. The lowest BCUT2D eigenvalue weighted by atomic mass is 10.1. The average molecular weight is 303 g/mol. The predicted octanol–water partition coefficient (Wildman–Crippen LogP) is 4.30. The lowest BCUT2D eigenvalue weighted by Crippen LogP contribution is -2.04. The first-order chi connectivity index (χ1) is 7.81. The minimum atomic E-state index is -4.35. The fraction of sp³-hybridized carbons (Fsp3) is 0.300. The largest absolute Gasteiger partial charge is 0.446 e. The van der Waals surface area contributed by atoms with E-state index in [4.69, 9.17) is 23.2 Å². The number of Topliss-reactive ketones (excluding diaryl/α,β-unsaturated/α-hetero) is 1. The molecule has 0 amide bonds. The van der Waals surface area contributed by atoms with Crippen LogP contribution in [0.4, 0.5) is 13.2 Å². The van der Waals surface area contributed by atoms with E-state index in [1.165, 1.54) is 18.2 Å². The monoisotopic (exact) mass is 302 g/mol. The number of carbonyl (C=O) groups is 1. The molecule has 17 heavy (non-hydrogen) atoms. The van der Waals surface area contributed by atoms with Crippen molar-refractivity contribution < 1.29 is 18.0 Å². The van der Waals surface area contributed by atoms with Crippen molar-refractivity contribution in [1.29, 1.82) is 0 Å². The second-order valence-corrected chi connectivity index (χ2v) is 4.96. The summed E-state index contributed by atoms with van der Waals surface area (Å²) in [6.07, 6.45) is 0.0271. The van der Waals surface area contributed by atoms with Crippen LogP contribution < -0.4 is 0 Å². The lowest BCUT2D eigenvalue weighted by Gasteiger charge is -2.08. The van der Waals surface area contributed by atoms with Crippen molar-refractivity contribution in [3.8, 4) is 0 Å². The van der Waals surface area contributed by atoms with Crippen LogP contribution in [0.3, 0.4) is 0 Å². The highest BCUT2D eigenvalue weighted by Crippen LogP contribution is 2.38. The van der Waals surface area contributed by atoms with Gasteiger partial charge in [-0.15, -0.1) is 11.6 Å². The van der Waals surface area contributed by atoms with E-state index in [9.17, 15) is 18.0 Å². The molecule has 0 bridgehead atoms. The summed E-state index contributed by atoms with van der Waals surface area (Å²) in [6, 6.07) is 3.87. The molecule has 1 rings (SSSR count). The molecule has 0 fully saturated rings. The van der Waals surface area contributed by atoms with Crippen LogP contribution in [0.15, 0.2) is 23.1 Å². The third-order valence-electron chi connectivity index (χ3n) is 1.79. The van der Waals surface area contributed by atoms with Crippen molar-refractivity contribution in [2.75, 3.05) is 5.88 Å². The van der Waals surface area contributed by atoms with Crippen molar-refractivity contribution in [2.45, 2.75) is 16.8 Å². The Balaban J connectivity index is 2.83. The summed E-state index contributed by atoms with van der Waals surface area (Å²) < 4.78 is 36.3. The molecule has 0 aliphatic heterocycles. The third kappa shape index (κ3) is 5.19. The van der Waals surface area contributed by atoms with Gasteiger partial charge in [-0.3, -0.25) is 4.79 Å². The van der Waals surface area contributed by atoms with Crippen LogP contribution in [0.1, 0.15) is 5.56 Å². The number of hydrogen-bond donors (Lipinski definition) is 0. The highest BCUT2D eigenvalue weighted by Gasteiger charge is 2.29. The molecule has 0 N–H and O–H groups in total. The van der Waals surface area contributed by atoms with Gasteiger partial charge in [0.25, 0.3) is 0 Å². The average Bonchev–Trinajstić information content (AvgIpc) is 2.19. The lowest BCUT2D eigenvalue weighted by molar-refractivity contribution is -0.116. The zero-order valence-corrected chi connectivity index (χ0v) is 10.7. The first-order valence-corrected chi connectivity index (χ1v) is 6.16. The Morgan fingerprint density at radius 3 is 2.47 bits per heavy atom. The summed E-state index contributed by atoms with van der Waals surface area (Å²) in [4.78, 5) is 11.1. The molecule has 0 unspecified atom stereocenters. The fourth-order valence-corrected chi connectivity index (χ4v) is 2.11. The van der Waals surface area contributed by atoms with Gasteiger partial charge >= 0.3 is 5.51 Å². The molecule has 0 aromatic heterocycles. The van der Waals surface area contributed by atoms with Crippen molar-refractivity contribution in [3.05, 3.63) is 28.8 Å². The quantitative estimate of drug-likeness (QED) is 0.609. The van der Waals surface area contributed by atoms with Crippen LogP contribution in [0, 0.1) is 0 Å². The van der Waals surface area contributed by atoms with Gasteiger partial charge in [0.15, 0.2) is 5.78 Å². The summed E-state index contributed by atoms with van der Waals surface area (Å²) in [5.74, 6) is -0.375. The summed E-state index contributed by atoms with van der Waals surface area (Å²) in [7, 11) is 0. The van der Waals surface area contributed by atoms with Crippen LogP contribution in [0.5, 0.6) is 0 Å². The molecule has 0 radical (unpaired) electrons. The maximum Gasteiger partial charge on any atom is 0.446 e. The Bertz CT molecular complexity index is 421. The Morgan fingerprint density at radius 1 is 1.35 bits per heavy atom. The van der Waals surface area contributed by atoms with Gasteiger partial charge in [0.1, 0.15) is 0 Å². The van der Waals surface area contributed by atoms with Gasteiger partial charge in [-0.25, -0.2) is 0 Å². The topological polar surface area (TPSA) is 17.1 Å². The number of thioether (sulfide) groups is 1. The van der Waals surface area contributed by atoms with Crippen LogP contribution in [0.25, 0.3) is 0 Å². The minimum Gasteiger partial charge on any atom is -0.298 e. The van der Waals surface area contributed by atoms with Gasteiger partial charge in [0.05, 0.1) is 5.88 Å². The standard InChI is InChI=1S/C10H7Cl2F3OS/c11-5-7(16)3-6-1-2-8(4-9(6)12)17-10(13,14)15/h1-2,4H,3,5H2.